The molecule has 0 radical (unpaired) electrons. The van der Waals surface area contributed by atoms with Gasteiger partial charge in [-0.05, 0) is 36.9 Å². The van der Waals surface area contributed by atoms with Gasteiger partial charge in [-0.25, -0.2) is 4.98 Å². The lowest BCUT2D eigenvalue weighted by Gasteiger charge is -2.38. The summed E-state index contributed by atoms with van der Waals surface area (Å²) in [5, 5.41) is 4.30. The molecule has 3 aromatic rings. The Kier molecular flexibility index (Phi) is 5.18. The van der Waals surface area contributed by atoms with Crippen molar-refractivity contribution in [1.82, 2.24) is 29.1 Å². The van der Waals surface area contributed by atoms with Crippen molar-refractivity contribution in [3.05, 3.63) is 81.3 Å². The molecule has 0 bridgehead atoms. The van der Waals surface area contributed by atoms with Crippen molar-refractivity contribution in [2.75, 3.05) is 19.6 Å². The van der Waals surface area contributed by atoms with Crippen molar-refractivity contribution in [3.63, 3.8) is 0 Å². The minimum absolute atomic E-state index is 0.193. The van der Waals surface area contributed by atoms with Crippen LogP contribution in [0.5, 0.6) is 0 Å². The number of benzene rings is 1. The Morgan fingerprint density at radius 3 is 2.55 bits per heavy atom. The zero-order chi connectivity index (χ0) is 22.4. The van der Waals surface area contributed by atoms with Gasteiger partial charge in [-0.15, -0.1) is 0 Å². The second-order valence-corrected chi connectivity index (χ2v) is 10.3. The molecule has 3 aliphatic heterocycles. The van der Waals surface area contributed by atoms with Crippen molar-refractivity contribution < 1.29 is 0 Å². The molecule has 1 spiro atoms. The third-order valence-corrected chi connectivity index (χ3v) is 7.83. The van der Waals surface area contributed by atoms with Crippen molar-refractivity contribution in [2.45, 2.75) is 51.9 Å². The van der Waals surface area contributed by atoms with Crippen molar-refractivity contribution >= 4 is 0 Å². The maximum absolute atomic E-state index is 13.5. The van der Waals surface area contributed by atoms with Gasteiger partial charge in [-0.2, -0.15) is 5.10 Å². The van der Waals surface area contributed by atoms with Crippen LogP contribution in [0.4, 0.5) is 0 Å². The average Bonchev–Trinajstić information content (AvgIpc) is 3.40. The summed E-state index contributed by atoms with van der Waals surface area (Å²) in [7, 11) is 1.97. The van der Waals surface area contributed by atoms with E-state index in [0.717, 1.165) is 82.0 Å². The largest absolute Gasteiger partial charge is 0.299 e. The molecule has 0 unspecified atom stereocenters. The highest BCUT2D eigenvalue weighted by Crippen LogP contribution is 2.41. The Morgan fingerprint density at radius 2 is 1.79 bits per heavy atom. The van der Waals surface area contributed by atoms with Gasteiger partial charge in [-0.1, -0.05) is 30.3 Å². The molecule has 0 N–H and O–H groups in total. The van der Waals surface area contributed by atoms with Crippen molar-refractivity contribution in [3.8, 4) is 0 Å². The predicted molar refractivity (Wildman–Crippen MR) is 127 cm³/mol. The normalized spacial score (nSPS) is 20.2. The molecule has 1 fully saturated rings. The average molecular weight is 445 g/mol. The fourth-order valence-electron chi connectivity index (χ4n) is 5.95. The Hall–Kier alpha value is -2.77. The van der Waals surface area contributed by atoms with E-state index in [0.29, 0.717) is 6.54 Å². The maximum atomic E-state index is 13.5. The lowest BCUT2D eigenvalue weighted by atomic mass is 9.77. The fraction of sp³-hybridized carbons (Fsp3) is 0.500. The summed E-state index contributed by atoms with van der Waals surface area (Å²) in [6, 6.07) is 10.5. The zero-order valence-electron chi connectivity index (χ0n) is 19.4. The summed E-state index contributed by atoms with van der Waals surface area (Å²) in [6.07, 6.45) is 8.14. The van der Waals surface area contributed by atoms with Crippen LogP contribution < -0.4 is 5.56 Å². The highest BCUT2D eigenvalue weighted by atomic mass is 16.1. The maximum Gasteiger partial charge on any atom is 0.258 e. The quantitative estimate of drug-likeness (QED) is 0.618. The standard InChI is InChI=1S/C26H32N6O/c1-29-15-21(14-27-29)17-30-11-8-26(9-12-30)13-24-28-23-7-10-31(16-20-5-3-2-4-6-20)18-22(23)25(33)32(24)19-26/h2-6,14-15H,7-13,16-19H2,1H3. The van der Waals surface area contributed by atoms with E-state index in [2.05, 4.69) is 45.4 Å². The number of aromatic nitrogens is 4. The van der Waals surface area contributed by atoms with Gasteiger partial charge < -0.3 is 0 Å². The first-order valence-electron chi connectivity index (χ1n) is 12.1. The van der Waals surface area contributed by atoms with Gasteiger partial charge in [0.25, 0.3) is 5.56 Å². The minimum Gasteiger partial charge on any atom is -0.299 e. The van der Waals surface area contributed by atoms with E-state index >= 15 is 0 Å². The fourth-order valence-corrected chi connectivity index (χ4v) is 5.95. The second-order valence-electron chi connectivity index (χ2n) is 10.3. The number of rotatable bonds is 4. The van der Waals surface area contributed by atoms with Crippen LogP contribution in [0, 0.1) is 5.41 Å². The molecule has 7 nitrogen and oxygen atoms in total. The van der Waals surface area contributed by atoms with E-state index in [9.17, 15) is 4.79 Å². The molecule has 0 aliphatic carbocycles. The van der Waals surface area contributed by atoms with E-state index in [1.165, 1.54) is 11.1 Å². The number of likely N-dealkylation sites (tertiary alicyclic amines) is 1. The number of hydrogen-bond acceptors (Lipinski definition) is 5. The van der Waals surface area contributed by atoms with Gasteiger partial charge >= 0.3 is 0 Å². The van der Waals surface area contributed by atoms with Gasteiger partial charge in [0.05, 0.1) is 17.5 Å². The lowest BCUT2D eigenvalue weighted by molar-refractivity contribution is 0.0978. The van der Waals surface area contributed by atoms with Crippen LogP contribution in [-0.4, -0.2) is 48.8 Å². The number of aryl methyl sites for hydroxylation is 1. The van der Waals surface area contributed by atoms with E-state index in [4.69, 9.17) is 4.98 Å². The number of nitrogens with zero attached hydrogens (tertiary/aromatic N) is 6. The molecule has 5 heterocycles. The molecule has 0 atom stereocenters. The Balaban J connectivity index is 1.15. The van der Waals surface area contributed by atoms with Crippen LogP contribution in [0.1, 0.15) is 41.1 Å². The van der Waals surface area contributed by atoms with Crippen LogP contribution in [0.2, 0.25) is 0 Å². The Bertz CT molecular complexity index is 1210. The first kappa shape index (κ1) is 20.8. The number of piperidine rings is 1. The SMILES string of the molecule is Cn1cc(CN2CCC3(CC2)Cc2nc4c(c(=O)n2C3)CN(Cc2ccccc2)CC4)cn1. The van der Waals surface area contributed by atoms with Gasteiger partial charge in [0, 0.05) is 64.4 Å². The summed E-state index contributed by atoms with van der Waals surface area (Å²) in [5.41, 5.74) is 4.94. The molecule has 7 heteroatoms. The van der Waals surface area contributed by atoms with Crippen LogP contribution >= 0.6 is 0 Å². The molecule has 172 valence electrons. The number of hydrogen-bond donors (Lipinski definition) is 0. The van der Waals surface area contributed by atoms with Crippen molar-refractivity contribution in [1.29, 1.82) is 0 Å². The zero-order valence-corrected chi connectivity index (χ0v) is 19.4. The Labute approximate surface area is 194 Å². The highest BCUT2D eigenvalue weighted by Gasteiger charge is 2.42. The molecule has 33 heavy (non-hydrogen) atoms. The third-order valence-electron chi connectivity index (χ3n) is 7.83. The monoisotopic (exact) mass is 444 g/mol. The smallest absolute Gasteiger partial charge is 0.258 e. The predicted octanol–water partition coefficient (Wildman–Crippen LogP) is 2.37. The topological polar surface area (TPSA) is 59.2 Å². The Morgan fingerprint density at radius 1 is 1.00 bits per heavy atom. The van der Waals surface area contributed by atoms with Gasteiger partial charge in [0.2, 0.25) is 0 Å². The number of fused-ring (bicyclic) bond motifs is 2. The van der Waals surface area contributed by atoms with Gasteiger partial charge in [-0.3, -0.25) is 23.8 Å². The molecule has 1 saturated heterocycles. The van der Waals surface area contributed by atoms with Crippen LogP contribution in [0.3, 0.4) is 0 Å². The van der Waals surface area contributed by atoms with Crippen LogP contribution in [0.15, 0.2) is 47.5 Å². The molecule has 0 amide bonds. The molecule has 6 rings (SSSR count). The minimum atomic E-state index is 0.193. The van der Waals surface area contributed by atoms with Crippen LogP contribution in [0.25, 0.3) is 0 Å². The summed E-state index contributed by atoms with van der Waals surface area (Å²) in [4.78, 5) is 23.5. The molecule has 1 aromatic carbocycles. The van der Waals surface area contributed by atoms with Gasteiger partial charge in [0.15, 0.2) is 0 Å². The molecule has 0 saturated carbocycles. The van der Waals surface area contributed by atoms with Crippen LogP contribution in [-0.2, 0) is 46.1 Å². The van der Waals surface area contributed by atoms with E-state index in [1.54, 1.807) is 0 Å². The summed E-state index contributed by atoms with van der Waals surface area (Å²) in [5.74, 6) is 1.02. The summed E-state index contributed by atoms with van der Waals surface area (Å²) >= 11 is 0. The molecule has 3 aliphatic rings. The van der Waals surface area contributed by atoms with Crippen molar-refractivity contribution in [2.24, 2.45) is 12.5 Å². The first-order valence-corrected chi connectivity index (χ1v) is 12.1. The summed E-state index contributed by atoms with van der Waals surface area (Å²) < 4.78 is 3.89. The van der Waals surface area contributed by atoms with E-state index < -0.39 is 0 Å². The first-order chi connectivity index (χ1) is 16.1. The molecular weight excluding hydrogens is 412 g/mol. The molecular formula is C26H32N6O. The molecule has 2 aromatic heterocycles. The van der Waals surface area contributed by atoms with Gasteiger partial charge in [0.1, 0.15) is 5.82 Å². The van der Waals surface area contributed by atoms with E-state index in [-0.39, 0.29) is 11.0 Å². The van der Waals surface area contributed by atoms with E-state index in [1.807, 2.05) is 28.6 Å². The third kappa shape index (κ3) is 4.04. The lowest BCUT2D eigenvalue weighted by Crippen LogP contribution is -2.41. The second kappa shape index (κ2) is 8.22. The highest BCUT2D eigenvalue weighted by molar-refractivity contribution is 5.25. The summed E-state index contributed by atoms with van der Waals surface area (Å²) in [6.45, 7) is 6.50.